The molecular formula is C9H9NOS. The van der Waals surface area contributed by atoms with Gasteiger partial charge < -0.3 is 4.74 Å². The highest BCUT2D eigenvalue weighted by Gasteiger charge is 2.05. The number of thiol groups is 1. The molecule has 0 aromatic heterocycles. The predicted octanol–water partition coefficient (Wildman–Crippen LogP) is 2.16. The van der Waals surface area contributed by atoms with E-state index in [1.165, 1.54) is 0 Å². The molecule has 0 radical (unpaired) electrons. The molecule has 62 valence electrons. The van der Waals surface area contributed by atoms with Crippen LogP contribution in [0.1, 0.15) is 11.1 Å². The summed E-state index contributed by atoms with van der Waals surface area (Å²) in [7, 11) is 1.60. The average Bonchev–Trinajstić information content (AvgIpc) is 2.10. The van der Waals surface area contributed by atoms with E-state index in [1.807, 2.05) is 6.92 Å². The molecule has 0 amide bonds. The van der Waals surface area contributed by atoms with Gasteiger partial charge in [0, 0.05) is 10.5 Å². The zero-order valence-corrected chi connectivity index (χ0v) is 7.85. The first kappa shape index (κ1) is 8.95. The van der Waals surface area contributed by atoms with Gasteiger partial charge in [0.2, 0.25) is 0 Å². The summed E-state index contributed by atoms with van der Waals surface area (Å²) in [6, 6.07) is 5.53. The van der Waals surface area contributed by atoms with Crippen LogP contribution in [0, 0.1) is 18.3 Å². The molecule has 0 unspecified atom stereocenters. The second kappa shape index (κ2) is 3.51. The van der Waals surface area contributed by atoms with Gasteiger partial charge in [-0.2, -0.15) is 5.26 Å². The molecular weight excluding hydrogens is 170 g/mol. The Hall–Kier alpha value is -1.14. The van der Waals surface area contributed by atoms with Crippen LogP contribution < -0.4 is 4.74 Å². The summed E-state index contributed by atoms with van der Waals surface area (Å²) in [5.74, 6) is 0.763. The van der Waals surface area contributed by atoms with Crippen molar-refractivity contribution < 1.29 is 4.74 Å². The van der Waals surface area contributed by atoms with Crippen molar-refractivity contribution in [1.82, 2.24) is 0 Å². The van der Waals surface area contributed by atoms with Crippen LogP contribution in [-0.4, -0.2) is 7.11 Å². The molecule has 12 heavy (non-hydrogen) atoms. The number of ether oxygens (including phenoxy) is 1. The lowest BCUT2D eigenvalue weighted by Gasteiger charge is -2.06. The van der Waals surface area contributed by atoms with Crippen LogP contribution in [0.25, 0.3) is 0 Å². The van der Waals surface area contributed by atoms with Crippen molar-refractivity contribution in [2.45, 2.75) is 11.8 Å². The summed E-state index contributed by atoms with van der Waals surface area (Å²) in [4.78, 5) is 0.692. The minimum Gasteiger partial charge on any atom is -0.496 e. The van der Waals surface area contributed by atoms with Crippen molar-refractivity contribution in [3.63, 3.8) is 0 Å². The number of rotatable bonds is 1. The molecule has 0 saturated carbocycles. The van der Waals surface area contributed by atoms with Crippen LogP contribution in [0.3, 0.4) is 0 Å². The molecule has 1 aromatic rings. The Morgan fingerprint density at radius 3 is 2.67 bits per heavy atom. The minimum atomic E-state index is 0.580. The van der Waals surface area contributed by atoms with Crippen LogP contribution in [0.4, 0.5) is 0 Å². The third-order valence-corrected chi connectivity index (χ3v) is 2.30. The third kappa shape index (κ3) is 1.39. The van der Waals surface area contributed by atoms with Crippen LogP contribution >= 0.6 is 12.6 Å². The fourth-order valence-corrected chi connectivity index (χ4v) is 1.23. The van der Waals surface area contributed by atoms with E-state index in [-0.39, 0.29) is 0 Å². The van der Waals surface area contributed by atoms with E-state index in [0.29, 0.717) is 10.5 Å². The van der Waals surface area contributed by atoms with E-state index in [0.717, 1.165) is 11.3 Å². The SMILES string of the molecule is COc1ccc(C#N)c(S)c1C. The van der Waals surface area contributed by atoms with E-state index in [2.05, 4.69) is 18.7 Å². The monoisotopic (exact) mass is 179 g/mol. The van der Waals surface area contributed by atoms with Gasteiger partial charge in [0.25, 0.3) is 0 Å². The number of nitrogens with zero attached hydrogens (tertiary/aromatic N) is 1. The molecule has 0 aliphatic heterocycles. The summed E-state index contributed by atoms with van der Waals surface area (Å²) in [6.07, 6.45) is 0. The van der Waals surface area contributed by atoms with Crippen molar-refractivity contribution in [1.29, 1.82) is 5.26 Å². The summed E-state index contributed by atoms with van der Waals surface area (Å²) in [6.45, 7) is 1.88. The first-order valence-corrected chi connectivity index (χ1v) is 3.92. The molecule has 3 heteroatoms. The van der Waals surface area contributed by atoms with Gasteiger partial charge in [-0.05, 0) is 19.1 Å². The lowest BCUT2D eigenvalue weighted by Crippen LogP contribution is -1.90. The Balaban J connectivity index is 3.32. The molecule has 1 aromatic carbocycles. The Bertz CT molecular complexity index is 341. The van der Waals surface area contributed by atoms with Crippen molar-refractivity contribution in [2.24, 2.45) is 0 Å². The second-order valence-electron chi connectivity index (χ2n) is 2.40. The molecule has 0 heterocycles. The summed E-state index contributed by atoms with van der Waals surface area (Å²) >= 11 is 4.21. The summed E-state index contributed by atoms with van der Waals surface area (Å²) < 4.78 is 5.07. The third-order valence-electron chi connectivity index (χ3n) is 1.72. The molecule has 0 aliphatic carbocycles. The molecule has 2 nitrogen and oxygen atoms in total. The average molecular weight is 179 g/mol. The van der Waals surface area contributed by atoms with Gasteiger partial charge >= 0.3 is 0 Å². The zero-order chi connectivity index (χ0) is 9.14. The maximum atomic E-state index is 8.67. The minimum absolute atomic E-state index is 0.580. The van der Waals surface area contributed by atoms with Gasteiger partial charge in [-0.1, -0.05) is 0 Å². The Labute approximate surface area is 77.2 Å². The predicted molar refractivity (Wildman–Crippen MR) is 49.7 cm³/mol. The van der Waals surface area contributed by atoms with Gasteiger partial charge in [0.15, 0.2) is 0 Å². The van der Waals surface area contributed by atoms with Gasteiger partial charge in [0.1, 0.15) is 11.8 Å². The molecule has 0 fully saturated rings. The number of nitriles is 1. The van der Waals surface area contributed by atoms with Gasteiger partial charge in [-0.15, -0.1) is 12.6 Å². The smallest absolute Gasteiger partial charge is 0.122 e. The Kier molecular flexibility index (Phi) is 2.61. The van der Waals surface area contributed by atoms with E-state index in [9.17, 15) is 0 Å². The van der Waals surface area contributed by atoms with Crippen LogP contribution in [0.5, 0.6) is 5.75 Å². The van der Waals surface area contributed by atoms with E-state index >= 15 is 0 Å². The van der Waals surface area contributed by atoms with E-state index in [4.69, 9.17) is 10.00 Å². The summed E-state index contributed by atoms with van der Waals surface area (Å²) in [5, 5.41) is 8.67. The molecule has 0 N–H and O–H groups in total. The fraction of sp³-hybridized carbons (Fsp3) is 0.222. The van der Waals surface area contributed by atoms with Crippen LogP contribution in [-0.2, 0) is 0 Å². The first-order valence-electron chi connectivity index (χ1n) is 3.47. The molecule has 0 atom stereocenters. The standard InChI is InChI=1S/C9H9NOS/c1-6-8(11-2)4-3-7(5-10)9(6)12/h3-4,12H,1-2H3. The largest absolute Gasteiger partial charge is 0.496 e. The Morgan fingerprint density at radius 2 is 2.17 bits per heavy atom. The van der Waals surface area contributed by atoms with Crippen LogP contribution in [0.15, 0.2) is 17.0 Å². The molecule has 0 aliphatic rings. The Morgan fingerprint density at radius 1 is 1.50 bits per heavy atom. The molecule has 0 saturated heterocycles. The normalized spacial score (nSPS) is 9.17. The highest BCUT2D eigenvalue weighted by molar-refractivity contribution is 7.80. The van der Waals surface area contributed by atoms with Crippen molar-refractivity contribution in [2.75, 3.05) is 7.11 Å². The van der Waals surface area contributed by atoms with Gasteiger partial charge in [-0.3, -0.25) is 0 Å². The van der Waals surface area contributed by atoms with Crippen LogP contribution in [0.2, 0.25) is 0 Å². The van der Waals surface area contributed by atoms with E-state index < -0.39 is 0 Å². The molecule has 0 spiro atoms. The number of hydrogen-bond acceptors (Lipinski definition) is 3. The quantitative estimate of drug-likeness (QED) is 0.670. The number of methoxy groups -OCH3 is 1. The molecule has 1 rings (SSSR count). The van der Waals surface area contributed by atoms with Gasteiger partial charge in [-0.25, -0.2) is 0 Å². The summed E-state index contributed by atoms with van der Waals surface area (Å²) in [5.41, 5.74) is 1.48. The highest BCUT2D eigenvalue weighted by atomic mass is 32.1. The lowest BCUT2D eigenvalue weighted by atomic mass is 10.1. The van der Waals surface area contributed by atoms with Gasteiger partial charge in [0.05, 0.1) is 12.7 Å². The number of hydrogen-bond donors (Lipinski definition) is 1. The fourth-order valence-electron chi connectivity index (χ4n) is 0.993. The number of benzene rings is 1. The zero-order valence-electron chi connectivity index (χ0n) is 6.96. The van der Waals surface area contributed by atoms with E-state index in [1.54, 1.807) is 19.2 Å². The second-order valence-corrected chi connectivity index (χ2v) is 2.85. The van der Waals surface area contributed by atoms with Crippen molar-refractivity contribution in [3.8, 4) is 11.8 Å². The topological polar surface area (TPSA) is 33.0 Å². The lowest BCUT2D eigenvalue weighted by molar-refractivity contribution is 0.410. The maximum Gasteiger partial charge on any atom is 0.122 e. The molecule has 0 bridgehead atoms. The van der Waals surface area contributed by atoms with Crippen molar-refractivity contribution >= 4 is 12.6 Å². The maximum absolute atomic E-state index is 8.67. The first-order chi connectivity index (χ1) is 5.70. The van der Waals surface area contributed by atoms with Crippen molar-refractivity contribution in [3.05, 3.63) is 23.3 Å². The highest BCUT2D eigenvalue weighted by Crippen LogP contribution is 2.26.